The number of alkyl halides is 6. The number of urea groups is 1. The van der Waals surface area contributed by atoms with E-state index in [0.717, 1.165) is 12.1 Å². The standard InChI is InChI=1S/C26H31F6N3O4/c1-23(2,37)16-33-22(36)34-19-7-9-20(10-8-19)39-21-11-13-35(14-12-21)15-17-3-5-18(6-4-17)24(38,25(27,28)29)26(30,31)32/h3-10,21,37-38H,11-16H2,1-2H3,(H2,33,34,36). The number of amides is 2. The maximum absolute atomic E-state index is 13.1. The molecule has 0 unspecified atom stereocenters. The molecule has 2 aromatic carbocycles. The largest absolute Gasteiger partial charge is 0.490 e. The third-order valence-corrected chi connectivity index (χ3v) is 6.23. The number of hydrogen-bond acceptors (Lipinski definition) is 5. The fourth-order valence-corrected chi connectivity index (χ4v) is 4.06. The van der Waals surface area contributed by atoms with E-state index in [1.54, 1.807) is 38.1 Å². The highest BCUT2D eigenvalue weighted by Crippen LogP contribution is 2.50. The van der Waals surface area contributed by atoms with Crippen molar-refractivity contribution in [3.63, 3.8) is 0 Å². The first kappa shape index (κ1) is 30.5. The zero-order valence-corrected chi connectivity index (χ0v) is 21.4. The Labute approximate surface area is 221 Å². The highest BCUT2D eigenvalue weighted by molar-refractivity contribution is 5.89. The monoisotopic (exact) mass is 563 g/mol. The molecule has 13 heteroatoms. The molecule has 4 N–H and O–H groups in total. The van der Waals surface area contributed by atoms with E-state index in [2.05, 4.69) is 10.6 Å². The molecule has 39 heavy (non-hydrogen) atoms. The van der Waals surface area contributed by atoms with Crippen molar-refractivity contribution in [2.24, 2.45) is 0 Å². The first-order valence-electron chi connectivity index (χ1n) is 12.2. The summed E-state index contributed by atoms with van der Waals surface area (Å²) in [4.78, 5) is 13.9. The number of carbonyl (C=O) groups excluding carboxylic acids is 1. The minimum atomic E-state index is -5.92. The predicted octanol–water partition coefficient (Wildman–Crippen LogP) is 4.93. The molecule has 1 saturated heterocycles. The molecule has 0 atom stereocenters. The van der Waals surface area contributed by atoms with Gasteiger partial charge >= 0.3 is 18.4 Å². The van der Waals surface area contributed by atoms with Gasteiger partial charge in [0, 0.05) is 37.4 Å². The van der Waals surface area contributed by atoms with Crippen molar-refractivity contribution >= 4 is 11.7 Å². The molecule has 0 aliphatic carbocycles. The van der Waals surface area contributed by atoms with Gasteiger partial charge in [-0.05, 0) is 56.5 Å². The number of likely N-dealkylation sites (tertiary alicyclic amines) is 1. The molecule has 0 spiro atoms. The topological polar surface area (TPSA) is 94.1 Å². The molecule has 1 fully saturated rings. The van der Waals surface area contributed by atoms with E-state index < -0.39 is 35.1 Å². The Balaban J connectivity index is 1.48. The minimum Gasteiger partial charge on any atom is -0.490 e. The fourth-order valence-electron chi connectivity index (χ4n) is 4.06. The summed E-state index contributed by atoms with van der Waals surface area (Å²) in [5, 5.41) is 24.4. The number of rotatable bonds is 8. The van der Waals surface area contributed by atoms with Gasteiger partial charge in [0.1, 0.15) is 11.9 Å². The van der Waals surface area contributed by atoms with Crippen LogP contribution in [0.1, 0.15) is 37.8 Å². The van der Waals surface area contributed by atoms with E-state index in [1.807, 2.05) is 4.90 Å². The highest BCUT2D eigenvalue weighted by atomic mass is 19.4. The molecule has 3 rings (SSSR count). The van der Waals surface area contributed by atoms with Crippen molar-refractivity contribution in [1.29, 1.82) is 0 Å². The highest BCUT2D eigenvalue weighted by Gasteiger charge is 2.71. The van der Waals surface area contributed by atoms with E-state index >= 15 is 0 Å². The second-order valence-corrected chi connectivity index (χ2v) is 10.1. The van der Waals surface area contributed by atoms with E-state index in [0.29, 0.717) is 61.6 Å². The molecule has 0 bridgehead atoms. The summed E-state index contributed by atoms with van der Waals surface area (Å²) in [6, 6.07) is 9.94. The molecule has 0 radical (unpaired) electrons. The van der Waals surface area contributed by atoms with Crippen LogP contribution in [0.15, 0.2) is 48.5 Å². The van der Waals surface area contributed by atoms with Crippen molar-refractivity contribution < 1.29 is 46.1 Å². The number of piperidine rings is 1. The van der Waals surface area contributed by atoms with Gasteiger partial charge in [0.05, 0.1) is 5.60 Å². The van der Waals surface area contributed by atoms with Gasteiger partial charge in [-0.1, -0.05) is 24.3 Å². The van der Waals surface area contributed by atoms with Crippen LogP contribution in [0.2, 0.25) is 0 Å². The average molecular weight is 564 g/mol. The Morgan fingerprint density at radius 3 is 1.95 bits per heavy atom. The van der Waals surface area contributed by atoms with Gasteiger partial charge in [0.2, 0.25) is 0 Å². The van der Waals surface area contributed by atoms with Gasteiger partial charge in [0.25, 0.3) is 5.60 Å². The Bertz CT molecular complexity index is 1080. The number of benzene rings is 2. The van der Waals surface area contributed by atoms with Crippen molar-refractivity contribution in [3.8, 4) is 5.75 Å². The molecular weight excluding hydrogens is 532 g/mol. The van der Waals surface area contributed by atoms with Crippen LogP contribution in [0.25, 0.3) is 0 Å². The van der Waals surface area contributed by atoms with Crippen molar-refractivity contribution in [1.82, 2.24) is 10.2 Å². The predicted molar refractivity (Wildman–Crippen MR) is 131 cm³/mol. The Morgan fingerprint density at radius 1 is 0.923 bits per heavy atom. The van der Waals surface area contributed by atoms with E-state index in [9.17, 15) is 41.4 Å². The first-order chi connectivity index (χ1) is 18.0. The molecular formula is C26H31F6N3O4. The summed E-state index contributed by atoms with van der Waals surface area (Å²) in [5.41, 5.74) is -6.20. The SMILES string of the molecule is CC(C)(O)CNC(=O)Nc1ccc(OC2CCN(Cc3ccc(C(O)(C(F)(F)F)C(F)(F)F)cc3)CC2)cc1. The third-order valence-electron chi connectivity index (χ3n) is 6.23. The lowest BCUT2D eigenvalue weighted by atomic mass is 9.91. The zero-order valence-electron chi connectivity index (χ0n) is 21.4. The maximum Gasteiger partial charge on any atom is 0.430 e. The lowest BCUT2D eigenvalue weighted by molar-refractivity contribution is -0.376. The van der Waals surface area contributed by atoms with Gasteiger partial charge in [-0.25, -0.2) is 4.79 Å². The number of nitrogens with zero attached hydrogens (tertiary/aromatic N) is 1. The molecule has 1 aliphatic rings. The lowest BCUT2D eigenvalue weighted by Crippen LogP contribution is -2.53. The third kappa shape index (κ3) is 7.99. The molecule has 7 nitrogen and oxygen atoms in total. The molecule has 2 aromatic rings. The molecule has 0 aromatic heterocycles. The number of ether oxygens (including phenoxy) is 1. The molecule has 1 aliphatic heterocycles. The number of carbonyl (C=O) groups is 1. The van der Waals surface area contributed by atoms with E-state index in [4.69, 9.17) is 4.74 Å². The maximum atomic E-state index is 13.1. The molecule has 1 heterocycles. The number of anilines is 1. The quantitative estimate of drug-likeness (QED) is 0.342. The average Bonchev–Trinajstić information content (AvgIpc) is 2.83. The van der Waals surface area contributed by atoms with Crippen LogP contribution in [-0.4, -0.2) is 64.8 Å². The number of nitrogens with one attached hydrogen (secondary N) is 2. The van der Waals surface area contributed by atoms with E-state index in [-0.39, 0.29) is 12.6 Å². The first-order valence-corrected chi connectivity index (χ1v) is 12.2. The summed E-state index contributed by atoms with van der Waals surface area (Å²) < 4.78 is 84.4. The summed E-state index contributed by atoms with van der Waals surface area (Å²) in [5.74, 6) is 0.605. The van der Waals surface area contributed by atoms with Gasteiger partial charge in [-0.15, -0.1) is 0 Å². The van der Waals surface area contributed by atoms with Gasteiger partial charge in [-0.2, -0.15) is 26.3 Å². The number of aliphatic hydroxyl groups is 2. The van der Waals surface area contributed by atoms with Gasteiger partial charge in [-0.3, -0.25) is 4.90 Å². The van der Waals surface area contributed by atoms with Crippen LogP contribution >= 0.6 is 0 Å². The van der Waals surface area contributed by atoms with Crippen molar-refractivity contribution in [2.45, 2.75) is 62.9 Å². The van der Waals surface area contributed by atoms with Crippen LogP contribution in [0.4, 0.5) is 36.8 Å². The van der Waals surface area contributed by atoms with Crippen LogP contribution in [-0.2, 0) is 12.1 Å². The smallest absolute Gasteiger partial charge is 0.430 e. The van der Waals surface area contributed by atoms with Crippen LogP contribution < -0.4 is 15.4 Å². The normalized spacial score (nSPS) is 16.2. The van der Waals surface area contributed by atoms with Crippen molar-refractivity contribution in [3.05, 3.63) is 59.7 Å². The molecule has 0 saturated carbocycles. The minimum absolute atomic E-state index is 0.0868. The van der Waals surface area contributed by atoms with Crippen molar-refractivity contribution in [2.75, 3.05) is 25.0 Å². The Hall–Kier alpha value is -3.03. The van der Waals surface area contributed by atoms with Crippen LogP contribution in [0, 0.1) is 0 Å². The zero-order chi connectivity index (χ0) is 29.1. The summed E-state index contributed by atoms with van der Waals surface area (Å²) in [7, 11) is 0. The lowest BCUT2D eigenvalue weighted by Gasteiger charge is -2.33. The number of hydrogen-bond donors (Lipinski definition) is 4. The number of halogens is 6. The summed E-state index contributed by atoms with van der Waals surface area (Å²) in [6.45, 7) is 4.75. The van der Waals surface area contributed by atoms with Crippen LogP contribution in [0.5, 0.6) is 5.75 Å². The van der Waals surface area contributed by atoms with E-state index in [1.165, 1.54) is 0 Å². The molecule has 2 amide bonds. The summed E-state index contributed by atoms with van der Waals surface area (Å²) >= 11 is 0. The Kier molecular flexibility index (Phi) is 9.08. The second-order valence-electron chi connectivity index (χ2n) is 10.1. The Morgan fingerprint density at radius 2 is 1.46 bits per heavy atom. The van der Waals surface area contributed by atoms with Gasteiger partial charge < -0.3 is 25.6 Å². The second kappa shape index (κ2) is 11.6. The fraction of sp³-hybridized carbons (Fsp3) is 0.500. The molecule has 216 valence electrons. The van der Waals surface area contributed by atoms with Crippen LogP contribution in [0.3, 0.4) is 0 Å². The van der Waals surface area contributed by atoms with Gasteiger partial charge in [0.15, 0.2) is 0 Å². The summed E-state index contributed by atoms with van der Waals surface area (Å²) in [6.07, 6.45) is -10.6.